The maximum Gasteiger partial charge on any atom is 0.412 e. The first-order valence-corrected chi connectivity index (χ1v) is 17.8. The van der Waals surface area contributed by atoms with Crippen LogP contribution in [0.1, 0.15) is 54.9 Å². The summed E-state index contributed by atoms with van der Waals surface area (Å²) >= 11 is 0. The maximum atomic E-state index is 12.7. The maximum absolute atomic E-state index is 12.7. The fourth-order valence-corrected chi connectivity index (χ4v) is 7.35. The predicted octanol–water partition coefficient (Wildman–Crippen LogP) is 6.16. The summed E-state index contributed by atoms with van der Waals surface area (Å²) in [6.07, 6.45) is 2.83. The third-order valence-electron chi connectivity index (χ3n) is 10.1. The van der Waals surface area contributed by atoms with E-state index in [0.29, 0.717) is 35.2 Å². The van der Waals surface area contributed by atoms with E-state index in [1.54, 1.807) is 17.0 Å². The SMILES string of the molecule is F.F.NC1CCC(N(C(=O)O)c2cc(CCCn3nnc4cc(CNC[C@H](O)c5ccc(O)c6[nH]c(=O)ccc56)ccc43)ccc2-c2ccccc2)CC1. The Hall–Kier alpha value is -5.70. The zero-order valence-electron chi connectivity index (χ0n) is 29.6. The molecule has 0 bridgehead atoms. The minimum Gasteiger partial charge on any atom is -0.506 e. The minimum absolute atomic E-state index is 0. The van der Waals surface area contributed by atoms with E-state index in [1.165, 1.54) is 12.1 Å². The fourth-order valence-electron chi connectivity index (χ4n) is 7.35. The normalized spacial score (nSPS) is 16.0. The Morgan fingerprint density at radius 2 is 1.72 bits per heavy atom. The average Bonchev–Trinajstić information content (AvgIpc) is 3.55. The van der Waals surface area contributed by atoms with Crippen LogP contribution in [-0.2, 0) is 19.5 Å². The summed E-state index contributed by atoms with van der Waals surface area (Å²) in [6, 6.07) is 28.2. The van der Waals surface area contributed by atoms with Crippen molar-refractivity contribution in [2.45, 2.75) is 69.8 Å². The van der Waals surface area contributed by atoms with E-state index in [4.69, 9.17) is 5.73 Å². The highest BCUT2D eigenvalue weighted by molar-refractivity contribution is 5.94. The Balaban J connectivity index is 0.00000280. The van der Waals surface area contributed by atoms with E-state index in [-0.39, 0.29) is 39.3 Å². The van der Waals surface area contributed by atoms with Gasteiger partial charge in [-0.1, -0.05) is 59.8 Å². The number of halogens is 2. The van der Waals surface area contributed by atoms with Crippen LogP contribution in [-0.4, -0.2) is 60.0 Å². The number of aliphatic hydroxyl groups is 1. The van der Waals surface area contributed by atoms with Crippen molar-refractivity contribution in [1.82, 2.24) is 25.3 Å². The molecule has 0 radical (unpaired) electrons. The van der Waals surface area contributed by atoms with Crippen LogP contribution in [0, 0.1) is 0 Å². The molecule has 4 aromatic carbocycles. The Bertz CT molecular complexity index is 2260. The number of nitrogens with zero attached hydrogens (tertiary/aromatic N) is 4. The molecule has 1 atom stereocenters. The van der Waals surface area contributed by atoms with Crippen LogP contribution in [0.4, 0.5) is 19.9 Å². The number of fused-ring (bicyclic) bond motifs is 2. The second-order valence-corrected chi connectivity index (χ2v) is 13.6. The second-order valence-electron chi connectivity index (χ2n) is 13.6. The molecule has 7 N–H and O–H groups in total. The molecule has 1 amide bonds. The monoisotopic (exact) mass is 741 g/mol. The smallest absolute Gasteiger partial charge is 0.412 e. The molecule has 0 saturated heterocycles. The summed E-state index contributed by atoms with van der Waals surface area (Å²) in [6.45, 7) is 1.40. The van der Waals surface area contributed by atoms with E-state index in [0.717, 1.165) is 71.8 Å². The van der Waals surface area contributed by atoms with Gasteiger partial charge < -0.3 is 31.4 Å². The number of carboxylic acid groups (broad SMARTS) is 1. The van der Waals surface area contributed by atoms with Crippen LogP contribution in [0.2, 0.25) is 0 Å². The summed E-state index contributed by atoms with van der Waals surface area (Å²) in [5.41, 5.74) is 13.1. The number of benzene rings is 4. The van der Waals surface area contributed by atoms with Gasteiger partial charge in [0.25, 0.3) is 0 Å². The van der Waals surface area contributed by atoms with Crippen molar-refractivity contribution in [2.75, 3.05) is 11.4 Å². The highest BCUT2D eigenvalue weighted by Gasteiger charge is 2.30. The Labute approximate surface area is 310 Å². The van der Waals surface area contributed by atoms with Crippen molar-refractivity contribution >= 4 is 33.7 Å². The molecule has 14 heteroatoms. The molecule has 0 unspecified atom stereocenters. The first kappa shape index (κ1) is 39.5. The number of H-pyrrole nitrogens is 1. The molecule has 284 valence electrons. The quantitative estimate of drug-likeness (QED) is 0.0856. The van der Waals surface area contributed by atoms with Crippen molar-refractivity contribution in [3.8, 4) is 16.9 Å². The molecule has 6 aromatic rings. The number of amides is 1. The average molecular weight is 742 g/mol. The van der Waals surface area contributed by atoms with Gasteiger partial charge in [-0.05, 0) is 91.1 Å². The number of aliphatic hydroxyl groups excluding tert-OH is 1. The lowest BCUT2D eigenvalue weighted by Crippen LogP contribution is -2.44. The van der Waals surface area contributed by atoms with E-state index in [1.807, 2.05) is 65.3 Å². The molecule has 1 aliphatic carbocycles. The topological polar surface area (TPSA) is 183 Å². The van der Waals surface area contributed by atoms with Gasteiger partial charge in [-0.15, -0.1) is 5.10 Å². The van der Waals surface area contributed by atoms with Crippen LogP contribution in [0.25, 0.3) is 33.1 Å². The molecular weight excluding hydrogens is 696 g/mol. The molecule has 1 saturated carbocycles. The molecule has 0 aliphatic heterocycles. The predicted molar refractivity (Wildman–Crippen MR) is 206 cm³/mol. The zero-order valence-corrected chi connectivity index (χ0v) is 29.6. The van der Waals surface area contributed by atoms with Crippen molar-refractivity contribution in [1.29, 1.82) is 0 Å². The van der Waals surface area contributed by atoms with E-state index >= 15 is 0 Å². The number of aromatic nitrogens is 4. The van der Waals surface area contributed by atoms with Gasteiger partial charge in [0.2, 0.25) is 5.56 Å². The molecule has 1 fully saturated rings. The minimum atomic E-state index is -0.945. The van der Waals surface area contributed by atoms with Gasteiger partial charge in [-0.25, -0.2) is 9.48 Å². The first-order chi connectivity index (χ1) is 25.2. The molecule has 54 heavy (non-hydrogen) atoms. The van der Waals surface area contributed by atoms with E-state index < -0.39 is 12.2 Å². The van der Waals surface area contributed by atoms with Gasteiger partial charge in [0.15, 0.2) is 0 Å². The molecular formula is C40H45F2N7O5. The number of anilines is 1. The molecule has 12 nitrogen and oxygen atoms in total. The number of rotatable bonds is 12. The molecule has 0 spiro atoms. The number of hydrogen-bond donors (Lipinski definition) is 6. The highest BCUT2D eigenvalue weighted by atomic mass is 19.0. The van der Waals surface area contributed by atoms with Crippen molar-refractivity contribution in [2.24, 2.45) is 5.73 Å². The van der Waals surface area contributed by atoms with Crippen LogP contribution in [0.5, 0.6) is 5.75 Å². The lowest BCUT2D eigenvalue weighted by molar-refractivity contribution is 0.176. The number of nitrogens with two attached hydrogens (primary N) is 1. The van der Waals surface area contributed by atoms with Crippen molar-refractivity contribution in [3.05, 3.63) is 118 Å². The summed E-state index contributed by atoms with van der Waals surface area (Å²) in [5.74, 6) is -0.0483. The molecule has 1 aliphatic rings. The van der Waals surface area contributed by atoms with Gasteiger partial charge in [-0.2, -0.15) is 0 Å². The Morgan fingerprint density at radius 1 is 0.963 bits per heavy atom. The van der Waals surface area contributed by atoms with Crippen LogP contribution >= 0.6 is 0 Å². The zero-order chi connectivity index (χ0) is 36.2. The van der Waals surface area contributed by atoms with Crippen molar-refractivity contribution < 1.29 is 29.5 Å². The van der Waals surface area contributed by atoms with Crippen LogP contribution < -0.4 is 21.5 Å². The fraction of sp³-hybridized carbons (Fsp3) is 0.300. The van der Waals surface area contributed by atoms with Gasteiger partial charge in [-0.3, -0.25) is 19.1 Å². The van der Waals surface area contributed by atoms with Crippen LogP contribution in [0.15, 0.2) is 95.8 Å². The Morgan fingerprint density at radius 3 is 2.48 bits per heavy atom. The largest absolute Gasteiger partial charge is 0.506 e. The standard InChI is InChI=1S/C40H43N7O5.2FH/c41-28-10-12-29(13-11-28)47(40(51)52)35-22-25(8-14-30(35)27-6-2-1-3-7-27)5-4-20-46-34-17-9-26(21-33(34)44-45-46)23-42-24-37(49)31-15-18-36(48)39-32(31)16-19-38(50)43-39;;/h1-3,6-9,14-19,21-22,28-29,37,42,48-49H,4-5,10-13,20,23-24,41H2,(H,43,50)(H,51,52);2*1H/t28?,29?,37-;;/m0../s1. The van der Waals surface area contributed by atoms with E-state index in [9.17, 15) is 24.9 Å². The summed E-state index contributed by atoms with van der Waals surface area (Å²) in [4.78, 5) is 28.7. The molecule has 7 rings (SSSR count). The number of phenolic OH excluding ortho intramolecular Hbond substituents is 1. The number of carbonyl (C=O) groups is 1. The van der Waals surface area contributed by atoms with Crippen LogP contribution in [0.3, 0.4) is 0 Å². The van der Waals surface area contributed by atoms with Gasteiger partial charge >= 0.3 is 6.09 Å². The summed E-state index contributed by atoms with van der Waals surface area (Å²) in [5, 5.41) is 44.2. The number of hydrogen-bond acceptors (Lipinski definition) is 8. The number of pyridine rings is 1. The second kappa shape index (κ2) is 17.4. The van der Waals surface area contributed by atoms with E-state index in [2.05, 4.69) is 26.7 Å². The number of aryl methyl sites for hydroxylation is 2. The molecule has 2 aromatic heterocycles. The third-order valence-corrected chi connectivity index (χ3v) is 10.1. The van der Waals surface area contributed by atoms with Gasteiger partial charge in [0.1, 0.15) is 11.3 Å². The molecule has 2 heterocycles. The number of aromatic hydroxyl groups is 1. The summed E-state index contributed by atoms with van der Waals surface area (Å²) < 4.78 is 1.89. The lowest BCUT2D eigenvalue weighted by atomic mass is 9.89. The van der Waals surface area contributed by atoms with Crippen molar-refractivity contribution in [3.63, 3.8) is 0 Å². The Kier molecular flexibility index (Phi) is 12.7. The first-order valence-electron chi connectivity index (χ1n) is 17.8. The van der Waals surface area contributed by atoms with Gasteiger partial charge in [0, 0.05) is 48.7 Å². The number of nitrogens with one attached hydrogen (secondary N) is 2. The summed E-state index contributed by atoms with van der Waals surface area (Å²) in [7, 11) is 0. The van der Waals surface area contributed by atoms with Gasteiger partial charge in [0.05, 0.1) is 22.8 Å². The highest BCUT2D eigenvalue weighted by Crippen LogP contribution is 2.36. The lowest BCUT2D eigenvalue weighted by Gasteiger charge is -2.35. The number of aromatic amines is 1. The third kappa shape index (κ3) is 8.57. The number of phenols is 1.